The van der Waals surface area contributed by atoms with Gasteiger partial charge in [0.25, 0.3) is 17.0 Å². The number of aromatic nitrogens is 3. The maximum Gasteiger partial charge on any atom is 0.288 e. The lowest BCUT2D eigenvalue weighted by Crippen LogP contribution is -2.50. The van der Waals surface area contributed by atoms with Crippen molar-refractivity contribution in [3.63, 3.8) is 0 Å². The van der Waals surface area contributed by atoms with Crippen molar-refractivity contribution in [2.75, 3.05) is 31.1 Å². The molecule has 3 rings (SSSR count). The standard InChI is InChI=1S/C17H20FN5O3/c1-10(2)13-12(18)15(25)21-17(20-13)23-8-6-22(7-9-23)16(26)11-4-3-5-19-14(11)24/h3-5,10H,6-9H2,1-2H3,(H,19,24)(H,20,21,25). The van der Waals surface area contributed by atoms with Crippen LogP contribution in [0.2, 0.25) is 0 Å². The van der Waals surface area contributed by atoms with Gasteiger partial charge in [-0.3, -0.25) is 19.4 Å². The number of amides is 1. The summed E-state index contributed by atoms with van der Waals surface area (Å²) in [5.74, 6) is -1.12. The number of hydrogen-bond donors (Lipinski definition) is 2. The first-order valence-corrected chi connectivity index (χ1v) is 8.40. The smallest absolute Gasteiger partial charge is 0.288 e. The van der Waals surface area contributed by atoms with Crippen LogP contribution in [-0.2, 0) is 0 Å². The highest BCUT2D eigenvalue weighted by Gasteiger charge is 2.26. The van der Waals surface area contributed by atoms with Gasteiger partial charge >= 0.3 is 0 Å². The number of halogens is 1. The number of carbonyl (C=O) groups is 1. The first-order valence-electron chi connectivity index (χ1n) is 8.40. The molecule has 0 aromatic carbocycles. The van der Waals surface area contributed by atoms with Gasteiger partial charge in [-0.25, -0.2) is 4.98 Å². The molecule has 1 amide bonds. The molecule has 0 spiro atoms. The van der Waals surface area contributed by atoms with Crippen LogP contribution in [0.5, 0.6) is 0 Å². The van der Waals surface area contributed by atoms with Gasteiger partial charge < -0.3 is 14.8 Å². The molecule has 138 valence electrons. The lowest BCUT2D eigenvalue weighted by molar-refractivity contribution is 0.0744. The number of H-pyrrole nitrogens is 2. The number of aromatic amines is 2. The van der Waals surface area contributed by atoms with E-state index >= 15 is 0 Å². The van der Waals surface area contributed by atoms with Gasteiger partial charge in [-0.15, -0.1) is 0 Å². The monoisotopic (exact) mass is 361 g/mol. The zero-order chi connectivity index (χ0) is 18.8. The maximum absolute atomic E-state index is 13.9. The van der Waals surface area contributed by atoms with Crippen molar-refractivity contribution < 1.29 is 9.18 Å². The summed E-state index contributed by atoms with van der Waals surface area (Å²) in [6.07, 6.45) is 1.47. The van der Waals surface area contributed by atoms with Gasteiger partial charge in [0.1, 0.15) is 5.56 Å². The summed E-state index contributed by atoms with van der Waals surface area (Å²) in [5.41, 5.74) is -1.01. The largest absolute Gasteiger partial charge is 0.339 e. The van der Waals surface area contributed by atoms with Crippen LogP contribution in [0.1, 0.15) is 35.8 Å². The van der Waals surface area contributed by atoms with Gasteiger partial charge in [0, 0.05) is 32.4 Å². The van der Waals surface area contributed by atoms with Crippen LogP contribution < -0.4 is 16.0 Å². The molecule has 2 aromatic rings. The van der Waals surface area contributed by atoms with E-state index in [0.717, 1.165) is 0 Å². The molecule has 26 heavy (non-hydrogen) atoms. The maximum atomic E-state index is 13.9. The van der Waals surface area contributed by atoms with Crippen molar-refractivity contribution in [2.24, 2.45) is 0 Å². The third-order valence-electron chi connectivity index (χ3n) is 4.34. The minimum absolute atomic E-state index is 0.0939. The number of carbonyl (C=O) groups excluding carboxylic acids is 1. The summed E-state index contributed by atoms with van der Waals surface area (Å²) in [4.78, 5) is 48.6. The summed E-state index contributed by atoms with van der Waals surface area (Å²) in [6.45, 7) is 5.10. The molecular formula is C17H20FN5O3. The fourth-order valence-corrected chi connectivity index (χ4v) is 2.88. The van der Waals surface area contributed by atoms with Crippen LogP contribution >= 0.6 is 0 Å². The lowest BCUT2D eigenvalue weighted by atomic mass is 10.1. The van der Waals surface area contributed by atoms with Crippen molar-refractivity contribution >= 4 is 11.9 Å². The van der Waals surface area contributed by atoms with Crippen LogP contribution in [0.15, 0.2) is 27.9 Å². The normalized spacial score (nSPS) is 14.8. The minimum atomic E-state index is -0.860. The zero-order valence-electron chi connectivity index (χ0n) is 14.6. The topological polar surface area (TPSA) is 102 Å². The Morgan fingerprint density at radius 2 is 1.88 bits per heavy atom. The number of hydrogen-bond acceptors (Lipinski definition) is 5. The summed E-state index contributed by atoms with van der Waals surface area (Å²) in [7, 11) is 0. The van der Waals surface area contributed by atoms with Gasteiger partial charge in [-0.2, -0.15) is 4.39 Å². The Bertz CT molecular complexity index is 928. The van der Waals surface area contributed by atoms with Gasteiger partial charge in [-0.05, 0) is 18.1 Å². The Kier molecular flexibility index (Phi) is 4.88. The second-order valence-electron chi connectivity index (χ2n) is 6.44. The molecule has 0 unspecified atom stereocenters. The van der Waals surface area contributed by atoms with Crippen molar-refractivity contribution in [3.8, 4) is 0 Å². The van der Waals surface area contributed by atoms with Crippen LogP contribution in [0, 0.1) is 5.82 Å². The van der Waals surface area contributed by atoms with E-state index in [1.807, 2.05) is 0 Å². The molecule has 2 aromatic heterocycles. The fourth-order valence-electron chi connectivity index (χ4n) is 2.88. The number of nitrogens with one attached hydrogen (secondary N) is 2. The molecule has 0 atom stereocenters. The Balaban J connectivity index is 1.75. The van der Waals surface area contributed by atoms with E-state index in [4.69, 9.17) is 0 Å². The first kappa shape index (κ1) is 17.8. The molecule has 0 aliphatic carbocycles. The SMILES string of the molecule is CC(C)c1nc(N2CCN(C(=O)c3ccc[nH]c3=O)CC2)[nH]c(=O)c1F. The highest BCUT2D eigenvalue weighted by molar-refractivity contribution is 5.93. The molecule has 8 nitrogen and oxygen atoms in total. The number of anilines is 1. The summed E-state index contributed by atoms with van der Waals surface area (Å²) < 4.78 is 13.9. The Morgan fingerprint density at radius 1 is 1.19 bits per heavy atom. The Labute approximate surface area is 148 Å². The van der Waals surface area contributed by atoms with Gasteiger partial charge in [0.2, 0.25) is 11.8 Å². The Morgan fingerprint density at radius 3 is 2.50 bits per heavy atom. The van der Waals surface area contributed by atoms with E-state index < -0.39 is 16.9 Å². The fraction of sp³-hybridized carbons (Fsp3) is 0.412. The van der Waals surface area contributed by atoms with Gasteiger partial charge in [0.15, 0.2) is 0 Å². The quantitative estimate of drug-likeness (QED) is 0.837. The van der Waals surface area contributed by atoms with Gasteiger partial charge in [-0.1, -0.05) is 13.8 Å². The molecular weight excluding hydrogens is 341 g/mol. The van der Waals surface area contributed by atoms with Crippen LogP contribution in [0.4, 0.5) is 10.3 Å². The molecule has 2 N–H and O–H groups in total. The van der Waals surface area contributed by atoms with E-state index in [9.17, 15) is 18.8 Å². The van der Waals surface area contributed by atoms with Crippen molar-refractivity contribution in [1.29, 1.82) is 0 Å². The van der Waals surface area contributed by atoms with Crippen LogP contribution in [0.25, 0.3) is 0 Å². The Hall–Kier alpha value is -2.97. The summed E-state index contributed by atoms with van der Waals surface area (Å²) in [5, 5.41) is 0. The zero-order valence-corrected chi connectivity index (χ0v) is 14.6. The molecule has 0 bridgehead atoms. The van der Waals surface area contributed by atoms with E-state index in [0.29, 0.717) is 32.1 Å². The van der Waals surface area contributed by atoms with Gasteiger partial charge in [0.05, 0.1) is 5.69 Å². The van der Waals surface area contributed by atoms with Crippen molar-refractivity contribution in [3.05, 3.63) is 56.1 Å². The van der Waals surface area contributed by atoms with Crippen molar-refractivity contribution in [2.45, 2.75) is 19.8 Å². The average molecular weight is 361 g/mol. The molecule has 1 aliphatic rings. The number of rotatable bonds is 3. The van der Waals surface area contributed by atoms with E-state index in [2.05, 4.69) is 15.0 Å². The number of nitrogens with zero attached hydrogens (tertiary/aromatic N) is 3. The van der Waals surface area contributed by atoms with Crippen LogP contribution in [-0.4, -0.2) is 51.9 Å². The summed E-state index contributed by atoms with van der Waals surface area (Å²) >= 11 is 0. The molecule has 0 saturated carbocycles. The average Bonchev–Trinajstić information content (AvgIpc) is 2.63. The molecule has 3 heterocycles. The first-order chi connectivity index (χ1) is 12.4. The third kappa shape index (κ3) is 3.37. The minimum Gasteiger partial charge on any atom is -0.339 e. The second-order valence-corrected chi connectivity index (χ2v) is 6.44. The predicted octanol–water partition coefficient (Wildman–Crippen LogP) is 0.683. The van der Waals surface area contributed by atoms with Crippen molar-refractivity contribution in [1.82, 2.24) is 19.9 Å². The highest BCUT2D eigenvalue weighted by atomic mass is 19.1. The highest BCUT2D eigenvalue weighted by Crippen LogP contribution is 2.17. The predicted molar refractivity (Wildman–Crippen MR) is 94.1 cm³/mol. The number of piperazine rings is 1. The number of pyridine rings is 1. The molecule has 1 fully saturated rings. The van der Waals surface area contributed by atoms with E-state index in [-0.39, 0.29) is 23.1 Å². The van der Waals surface area contributed by atoms with Crippen LogP contribution in [0.3, 0.4) is 0 Å². The second kappa shape index (κ2) is 7.11. The van der Waals surface area contributed by atoms with E-state index in [1.165, 1.54) is 12.3 Å². The molecule has 1 saturated heterocycles. The van der Waals surface area contributed by atoms with E-state index in [1.54, 1.807) is 29.7 Å². The third-order valence-corrected chi connectivity index (χ3v) is 4.34. The summed E-state index contributed by atoms with van der Waals surface area (Å²) in [6, 6.07) is 3.09. The molecule has 0 radical (unpaired) electrons. The molecule has 1 aliphatic heterocycles. The molecule has 9 heteroatoms. The lowest BCUT2D eigenvalue weighted by Gasteiger charge is -2.35.